The molecule has 0 radical (unpaired) electrons. The minimum atomic E-state index is -0.445. The first kappa shape index (κ1) is 20.5. The van der Waals surface area contributed by atoms with Crippen molar-refractivity contribution in [2.75, 3.05) is 32.2 Å². The zero-order valence-corrected chi connectivity index (χ0v) is 16.4. The summed E-state index contributed by atoms with van der Waals surface area (Å²) in [4.78, 5) is 27.2. The number of imide groups is 1. The van der Waals surface area contributed by atoms with E-state index in [4.69, 9.17) is 9.47 Å². The average Bonchev–Trinajstić information content (AvgIpc) is 2.93. The number of methoxy groups -OCH3 is 1. The third kappa shape index (κ3) is 4.63. The van der Waals surface area contributed by atoms with Crippen LogP contribution in [0.2, 0.25) is 0 Å². The number of carbonyl (C=O) groups is 2. The van der Waals surface area contributed by atoms with Crippen molar-refractivity contribution in [1.82, 2.24) is 4.90 Å². The fraction of sp³-hybridized carbons (Fsp3) is 0.273. The Bertz CT molecular complexity index is 925. The number of rotatable bonds is 9. The van der Waals surface area contributed by atoms with E-state index in [1.165, 1.54) is 23.1 Å². The van der Waals surface area contributed by atoms with Crippen molar-refractivity contribution in [3.63, 3.8) is 0 Å². The summed E-state index contributed by atoms with van der Waals surface area (Å²) in [6.07, 6.45) is 0.526. The van der Waals surface area contributed by atoms with E-state index in [-0.39, 0.29) is 17.8 Å². The topological polar surface area (TPSA) is 67.9 Å². The normalized spacial score (nSPS) is 14.0. The van der Waals surface area contributed by atoms with Crippen LogP contribution in [0, 0.1) is 5.82 Å². The van der Waals surface area contributed by atoms with Gasteiger partial charge in [0, 0.05) is 25.9 Å². The van der Waals surface area contributed by atoms with Gasteiger partial charge < -0.3 is 14.8 Å². The average molecular weight is 398 g/mol. The van der Waals surface area contributed by atoms with Gasteiger partial charge in [-0.25, -0.2) is 4.39 Å². The number of benzene rings is 2. The van der Waals surface area contributed by atoms with E-state index in [0.29, 0.717) is 36.6 Å². The summed E-state index contributed by atoms with van der Waals surface area (Å²) in [7, 11) is 1.56. The highest BCUT2D eigenvalue weighted by Gasteiger charge is 2.38. The highest BCUT2D eigenvalue weighted by atomic mass is 19.1. The zero-order valence-electron chi connectivity index (χ0n) is 16.4. The van der Waals surface area contributed by atoms with Gasteiger partial charge in [0.1, 0.15) is 17.3 Å². The predicted molar refractivity (Wildman–Crippen MR) is 108 cm³/mol. The SMILES string of the molecule is CCOc1ccc(C2=C(Nc3cccc(F)c3)C(=O)N(CCCOC)C2=O)cc1. The molecule has 0 spiro atoms. The Morgan fingerprint density at radius 3 is 2.48 bits per heavy atom. The minimum Gasteiger partial charge on any atom is -0.494 e. The van der Waals surface area contributed by atoms with Gasteiger partial charge in [-0.05, 0) is 49.2 Å². The van der Waals surface area contributed by atoms with Gasteiger partial charge in [-0.3, -0.25) is 14.5 Å². The standard InChI is InChI=1S/C22H23FN2O4/c1-3-29-18-10-8-15(9-11-18)19-20(24-17-7-4-6-16(23)14-17)22(27)25(21(19)26)12-5-13-28-2/h4,6-11,14,24H,3,5,12-13H2,1-2H3. The Hall–Kier alpha value is -3.19. The molecule has 0 aliphatic carbocycles. The van der Waals surface area contributed by atoms with Crippen LogP contribution in [0.25, 0.3) is 5.57 Å². The molecule has 3 rings (SSSR count). The molecule has 1 aliphatic rings. The number of ether oxygens (including phenoxy) is 2. The lowest BCUT2D eigenvalue weighted by molar-refractivity contribution is -0.136. The first-order chi connectivity index (χ1) is 14.0. The second kappa shape index (κ2) is 9.34. The Kier molecular flexibility index (Phi) is 6.61. The molecule has 0 fully saturated rings. The summed E-state index contributed by atoms with van der Waals surface area (Å²) in [5, 5.41) is 2.94. The summed E-state index contributed by atoms with van der Waals surface area (Å²) in [5.41, 5.74) is 1.35. The molecule has 7 heteroatoms. The third-order valence-electron chi connectivity index (χ3n) is 4.45. The first-order valence-electron chi connectivity index (χ1n) is 9.40. The lowest BCUT2D eigenvalue weighted by Crippen LogP contribution is -2.33. The van der Waals surface area contributed by atoms with E-state index in [1.54, 1.807) is 37.4 Å². The highest BCUT2D eigenvalue weighted by Crippen LogP contribution is 2.31. The number of anilines is 1. The number of carbonyl (C=O) groups excluding carboxylic acids is 2. The van der Waals surface area contributed by atoms with Gasteiger partial charge in [0.15, 0.2) is 0 Å². The molecule has 1 N–H and O–H groups in total. The maximum Gasteiger partial charge on any atom is 0.278 e. The Morgan fingerprint density at radius 2 is 1.83 bits per heavy atom. The minimum absolute atomic E-state index is 0.127. The van der Waals surface area contributed by atoms with Crippen molar-refractivity contribution in [2.24, 2.45) is 0 Å². The van der Waals surface area contributed by atoms with Crippen molar-refractivity contribution in [3.05, 3.63) is 65.6 Å². The molecule has 6 nitrogen and oxygen atoms in total. The van der Waals surface area contributed by atoms with Gasteiger partial charge in [-0.1, -0.05) is 18.2 Å². The predicted octanol–water partition coefficient (Wildman–Crippen LogP) is 3.45. The quantitative estimate of drug-likeness (QED) is 0.518. The molecular formula is C22H23FN2O4. The number of nitrogens with zero attached hydrogens (tertiary/aromatic N) is 1. The van der Waals surface area contributed by atoms with Gasteiger partial charge in [0.05, 0.1) is 12.2 Å². The second-order valence-corrected chi connectivity index (χ2v) is 6.45. The van der Waals surface area contributed by atoms with Gasteiger partial charge >= 0.3 is 0 Å². The second-order valence-electron chi connectivity index (χ2n) is 6.45. The van der Waals surface area contributed by atoms with E-state index in [9.17, 15) is 14.0 Å². The van der Waals surface area contributed by atoms with Crippen LogP contribution in [0.1, 0.15) is 18.9 Å². The van der Waals surface area contributed by atoms with Crippen LogP contribution in [0.15, 0.2) is 54.2 Å². The summed E-state index contributed by atoms with van der Waals surface area (Å²) in [6, 6.07) is 12.7. The fourth-order valence-electron chi connectivity index (χ4n) is 3.12. The van der Waals surface area contributed by atoms with Crippen LogP contribution in [0.4, 0.5) is 10.1 Å². The molecule has 2 amide bonds. The van der Waals surface area contributed by atoms with Crippen LogP contribution in [0.3, 0.4) is 0 Å². The van der Waals surface area contributed by atoms with Crippen LogP contribution < -0.4 is 10.1 Å². The van der Waals surface area contributed by atoms with Crippen molar-refractivity contribution in [2.45, 2.75) is 13.3 Å². The number of amides is 2. The van der Waals surface area contributed by atoms with E-state index in [1.807, 2.05) is 6.92 Å². The molecule has 1 aliphatic heterocycles. The van der Waals surface area contributed by atoms with E-state index in [0.717, 1.165) is 0 Å². The lowest BCUT2D eigenvalue weighted by Gasteiger charge is -2.15. The summed E-state index contributed by atoms with van der Waals surface area (Å²) >= 11 is 0. The molecule has 0 atom stereocenters. The summed E-state index contributed by atoms with van der Waals surface area (Å²) < 4.78 is 24.1. The number of halogens is 1. The number of hydrogen-bond acceptors (Lipinski definition) is 5. The Balaban J connectivity index is 1.97. The molecule has 0 aromatic heterocycles. The van der Waals surface area contributed by atoms with Crippen molar-refractivity contribution >= 4 is 23.1 Å². The zero-order chi connectivity index (χ0) is 20.8. The molecule has 0 bridgehead atoms. The van der Waals surface area contributed by atoms with Crippen LogP contribution in [-0.2, 0) is 14.3 Å². The monoisotopic (exact) mass is 398 g/mol. The van der Waals surface area contributed by atoms with E-state index >= 15 is 0 Å². The van der Waals surface area contributed by atoms with Crippen molar-refractivity contribution in [1.29, 1.82) is 0 Å². The van der Waals surface area contributed by atoms with Crippen molar-refractivity contribution in [3.8, 4) is 5.75 Å². The largest absolute Gasteiger partial charge is 0.494 e. The van der Waals surface area contributed by atoms with Crippen molar-refractivity contribution < 1.29 is 23.5 Å². The van der Waals surface area contributed by atoms with Crippen LogP contribution >= 0.6 is 0 Å². The van der Waals surface area contributed by atoms with Gasteiger partial charge in [0.25, 0.3) is 11.8 Å². The third-order valence-corrected chi connectivity index (χ3v) is 4.45. The summed E-state index contributed by atoms with van der Waals surface area (Å²) in [6.45, 7) is 3.08. The maximum atomic E-state index is 13.6. The first-order valence-corrected chi connectivity index (χ1v) is 9.40. The highest BCUT2D eigenvalue weighted by molar-refractivity contribution is 6.36. The molecule has 0 saturated heterocycles. The molecule has 1 heterocycles. The maximum absolute atomic E-state index is 13.6. The van der Waals surface area contributed by atoms with Crippen LogP contribution in [0.5, 0.6) is 5.75 Å². The van der Waals surface area contributed by atoms with Gasteiger partial charge in [-0.2, -0.15) is 0 Å². The Labute approximate surface area is 168 Å². The molecule has 29 heavy (non-hydrogen) atoms. The molecule has 0 saturated carbocycles. The van der Waals surface area contributed by atoms with Gasteiger partial charge in [0.2, 0.25) is 0 Å². The molecule has 2 aromatic rings. The lowest BCUT2D eigenvalue weighted by atomic mass is 10.0. The summed E-state index contributed by atoms with van der Waals surface area (Å²) in [5.74, 6) is -0.606. The molecule has 152 valence electrons. The van der Waals surface area contributed by atoms with E-state index < -0.39 is 17.6 Å². The fourth-order valence-corrected chi connectivity index (χ4v) is 3.12. The van der Waals surface area contributed by atoms with E-state index in [2.05, 4.69) is 5.32 Å². The molecule has 0 unspecified atom stereocenters. The molecular weight excluding hydrogens is 375 g/mol. The number of nitrogens with one attached hydrogen (secondary N) is 1. The number of hydrogen-bond donors (Lipinski definition) is 1. The molecule has 2 aromatic carbocycles. The smallest absolute Gasteiger partial charge is 0.278 e. The van der Waals surface area contributed by atoms with Gasteiger partial charge in [-0.15, -0.1) is 0 Å². The Morgan fingerprint density at radius 1 is 1.07 bits per heavy atom. The van der Waals surface area contributed by atoms with Crippen LogP contribution in [-0.4, -0.2) is 43.6 Å².